The third-order valence-electron chi connectivity index (χ3n) is 3.86. The van der Waals surface area contributed by atoms with E-state index in [0.29, 0.717) is 25.6 Å². The van der Waals surface area contributed by atoms with Gasteiger partial charge in [0.15, 0.2) is 0 Å². The lowest BCUT2D eigenvalue weighted by atomic mass is 10.0. The SMILES string of the molecule is Cl.O=S(=O)(NCC1CCCNC1)N1CCCCCC1. The van der Waals surface area contributed by atoms with Crippen molar-refractivity contribution in [3.63, 3.8) is 0 Å². The summed E-state index contributed by atoms with van der Waals surface area (Å²) < 4.78 is 28.8. The number of nitrogens with zero attached hydrogens (tertiary/aromatic N) is 1. The van der Waals surface area contributed by atoms with E-state index in [0.717, 1.165) is 51.6 Å². The van der Waals surface area contributed by atoms with Crippen LogP contribution in [0.4, 0.5) is 0 Å². The van der Waals surface area contributed by atoms with E-state index in [9.17, 15) is 8.42 Å². The molecule has 0 aromatic carbocycles. The van der Waals surface area contributed by atoms with E-state index in [1.807, 2.05) is 0 Å². The summed E-state index contributed by atoms with van der Waals surface area (Å²) in [6.45, 7) is 3.93. The van der Waals surface area contributed by atoms with Crippen LogP contribution in [0.5, 0.6) is 0 Å². The van der Waals surface area contributed by atoms with Crippen molar-refractivity contribution >= 4 is 22.6 Å². The first-order valence-electron chi connectivity index (χ1n) is 7.14. The largest absolute Gasteiger partial charge is 0.316 e. The number of halogens is 1. The second kappa shape index (κ2) is 8.42. The Bertz CT molecular complexity index is 337. The van der Waals surface area contributed by atoms with Gasteiger partial charge in [-0.25, -0.2) is 4.72 Å². The van der Waals surface area contributed by atoms with Crippen molar-refractivity contribution in [3.8, 4) is 0 Å². The molecule has 0 radical (unpaired) electrons. The predicted molar refractivity (Wildman–Crippen MR) is 79.8 cm³/mol. The van der Waals surface area contributed by atoms with E-state index in [2.05, 4.69) is 10.0 Å². The first-order chi connectivity index (χ1) is 8.68. The zero-order valence-electron chi connectivity index (χ0n) is 11.4. The molecule has 19 heavy (non-hydrogen) atoms. The molecule has 5 nitrogen and oxygen atoms in total. The molecule has 114 valence electrons. The Balaban J connectivity index is 0.00000180. The molecule has 1 unspecified atom stereocenters. The number of hydrogen-bond donors (Lipinski definition) is 2. The molecule has 2 heterocycles. The fraction of sp³-hybridized carbons (Fsp3) is 1.00. The van der Waals surface area contributed by atoms with Crippen LogP contribution in [0.2, 0.25) is 0 Å². The van der Waals surface area contributed by atoms with E-state index in [4.69, 9.17) is 0 Å². The standard InChI is InChI=1S/C12H25N3O2S.ClH/c16-18(17,15-8-3-1-2-4-9-15)14-11-12-6-5-7-13-10-12;/h12-14H,1-11H2;1H. The van der Waals surface area contributed by atoms with Gasteiger partial charge in [0.1, 0.15) is 0 Å². The minimum absolute atomic E-state index is 0. The molecular weight excluding hydrogens is 286 g/mol. The van der Waals surface area contributed by atoms with Crippen molar-refractivity contribution in [2.45, 2.75) is 38.5 Å². The van der Waals surface area contributed by atoms with Gasteiger partial charge in [-0.05, 0) is 44.7 Å². The molecule has 0 aromatic heterocycles. The fourth-order valence-corrected chi connectivity index (χ4v) is 4.06. The van der Waals surface area contributed by atoms with Gasteiger partial charge < -0.3 is 5.32 Å². The van der Waals surface area contributed by atoms with Crippen LogP contribution in [-0.2, 0) is 10.2 Å². The third kappa shape index (κ3) is 5.55. The van der Waals surface area contributed by atoms with Crippen LogP contribution in [0.3, 0.4) is 0 Å². The van der Waals surface area contributed by atoms with Crippen LogP contribution in [0.25, 0.3) is 0 Å². The summed E-state index contributed by atoms with van der Waals surface area (Å²) >= 11 is 0. The second-order valence-electron chi connectivity index (χ2n) is 5.38. The second-order valence-corrected chi connectivity index (χ2v) is 7.13. The molecule has 2 aliphatic rings. The van der Waals surface area contributed by atoms with Gasteiger partial charge in [0, 0.05) is 19.6 Å². The molecular formula is C12H26ClN3O2S. The average Bonchev–Trinajstić information content (AvgIpc) is 2.67. The maximum absolute atomic E-state index is 12.2. The summed E-state index contributed by atoms with van der Waals surface area (Å²) in [6, 6.07) is 0. The summed E-state index contributed by atoms with van der Waals surface area (Å²) in [6.07, 6.45) is 6.56. The van der Waals surface area contributed by atoms with Crippen LogP contribution in [0.1, 0.15) is 38.5 Å². The highest BCUT2D eigenvalue weighted by Gasteiger charge is 2.24. The number of hydrogen-bond acceptors (Lipinski definition) is 3. The van der Waals surface area contributed by atoms with Crippen molar-refractivity contribution in [1.82, 2.24) is 14.3 Å². The molecule has 7 heteroatoms. The van der Waals surface area contributed by atoms with Crippen molar-refractivity contribution in [2.75, 3.05) is 32.7 Å². The predicted octanol–water partition coefficient (Wildman–Crippen LogP) is 1.12. The molecule has 2 fully saturated rings. The Labute approximate surface area is 123 Å². The van der Waals surface area contributed by atoms with Crippen LogP contribution < -0.4 is 10.0 Å². The fourth-order valence-electron chi connectivity index (χ4n) is 2.69. The molecule has 0 saturated carbocycles. The maximum atomic E-state index is 12.2. The first kappa shape index (κ1) is 17.2. The molecule has 1 atom stereocenters. The van der Waals surface area contributed by atoms with Crippen molar-refractivity contribution in [3.05, 3.63) is 0 Å². The Morgan fingerprint density at radius 2 is 1.79 bits per heavy atom. The average molecular weight is 312 g/mol. The van der Waals surface area contributed by atoms with Gasteiger partial charge >= 0.3 is 0 Å². The topological polar surface area (TPSA) is 61.4 Å². The van der Waals surface area contributed by atoms with E-state index < -0.39 is 10.2 Å². The van der Waals surface area contributed by atoms with Crippen molar-refractivity contribution in [2.24, 2.45) is 5.92 Å². The molecule has 2 N–H and O–H groups in total. The zero-order chi connectivity index (χ0) is 12.8. The van der Waals surface area contributed by atoms with Gasteiger partial charge in [0.05, 0.1) is 0 Å². The van der Waals surface area contributed by atoms with Gasteiger partial charge in [0.2, 0.25) is 0 Å². The van der Waals surface area contributed by atoms with E-state index in [1.165, 1.54) is 0 Å². The number of piperidine rings is 1. The lowest BCUT2D eigenvalue weighted by Crippen LogP contribution is -2.45. The minimum atomic E-state index is -3.25. The Hall–Kier alpha value is 0.120. The molecule has 0 bridgehead atoms. The summed E-state index contributed by atoms with van der Waals surface area (Å²) in [7, 11) is -3.25. The van der Waals surface area contributed by atoms with Crippen LogP contribution in [-0.4, -0.2) is 45.4 Å². The lowest BCUT2D eigenvalue weighted by Gasteiger charge is -2.25. The van der Waals surface area contributed by atoms with E-state index >= 15 is 0 Å². The maximum Gasteiger partial charge on any atom is 0.279 e. The molecule has 0 aromatic rings. The van der Waals surface area contributed by atoms with Crippen LogP contribution >= 0.6 is 12.4 Å². The van der Waals surface area contributed by atoms with Gasteiger partial charge in [-0.3, -0.25) is 0 Å². The van der Waals surface area contributed by atoms with Crippen molar-refractivity contribution in [1.29, 1.82) is 0 Å². The Morgan fingerprint density at radius 1 is 1.11 bits per heavy atom. The monoisotopic (exact) mass is 311 g/mol. The Morgan fingerprint density at radius 3 is 2.37 bits per heavy atom. The van der Waals surface area contributed by atoms with Crippen LogP contribution in [0, 0.1) is 5.92 Å². The highest BCUT2D eigenvalue weighted by atomic mass is 35.5. The van der Waals surface area contributed by atoms with Gasteiger partial charge in [-0.2, -0.15) is 12.7 Å². The summed E-state index contributed by atoms with van der Waals surface area (Å²) in [5.41, 5.74) is 0. The van der Waals surface area contributed by atoms with Crippen molar-refractivity contribution < 1.29 is 8.42 Å². The lowest BCUT2D eigenvalue weighted by molar-refractivity contribution is 0.364. The summed E-state index contributed by atoms with van der Waals surface area (Å²) in [5, 5.41) is 3.31. The molecule has 2 aliphatic heterocycles. The normalized spacial score (nSPS) is 26.4. The quantitative estimate of drug-likeness (QED) is 0.818. The van der Waals surface area contributed by atoms with Gasteiger partial charge in [-0.1, -0.05) is 12.8 Å². The number of rotatable bonds is 4. The molecule has 0 spiro atoms. The molecule has 2 saturated heterocycles. The van der Waals surface area contributed by atoms with E-state index in [1.54, 1.807) is 4.31 Å². The highest BCUT2D eigenvalue weighted by Crippen LogP contribution is 2.13. The Kier molecular flexibility index (Phi) is 7.61. The van der Waals surface area contributed by atoms with E-state index in [-0.39, 0.29) is 12.4 Å². The summed E-state index contributed by atoms with van der Waals surface area (Å²) in [5.74, 6) is 0.445. The highest BCUT2D eigenvalue weighted by molar-refractivity contribution is 7.87. The van der Waals surface area contributed by atoms with Crippen LogP contribution in [0.15, 0.2) is 0 Å². The number of nitrogens with one attached hydrogen (secondary N) is 2. The third-order valence-corrected chi connectivity index (χ3v) is 5.43. The molecule has 0 amide bonds. The molecule has 0 aliphatic carbocycles. The zero-order valence-corrected chi connectivity index (χ0v) is 13.1. The van der Waals surface area contributed by atoms with Gasteiger partial charge in [0.25, 0.3) is 10.2 Å². The minimum Gasteiger partial charge on any atom is -0.316 e. The molecule has 2 rings (SSSR count). The smallest absolute Gasteiger partial charge is 0.279 e. The summed E-state index contributed by atoms with van der Waals surface area (Å²) in [4.78, 5) is 0. The first-order valence-corrected chi connectivity index (χ1v) is 8.58. The van der Waals surface area contributed by atoms with Gasteiger partial charge in [-0.15, -0.1) is 12.4 Å².